The van der Waals surface area contributed by atoms with E-state index in [-0.39, 0.29) is 6.03 Å². The highest BCUT2D eigenvalue weighted by molar-refractivity contribution is 9.10. The number of urea groups is 1. The molecule has 2 aromatic rings. The zero-order valence-electron chi connectivity index (χ0n) is 10.8. The molecule has 100 valence electrons. The molecule has 0 fully saturated rings. The maximum Gasteiger partial charge on any atom is 0.326 e. The number of halogens is 1. The molecule has 0 heterocycles. The third kappa shape index (κ3) is 3.16. The van der Waals surface area contributed by atoms with Crippen LogP contribution in [0.15, 0.2) is 53.0 Å². The van der Waals surface area contributed by atoms with Crippen LogP contribution in [0.2, 0.25) is 0 Å². The van der Waals surface area contributed by atoms with Crippen LogP contribution >= 0.6 is 15.9 Å². The number of carbonyl (C=O) groups is 1. The Balaban J connectivity index is 2.12. The SMILES string of the molecule is CN(C(=O)Nc1ccc(C#N)cc1)c1ccccc1Br. The first kappa shape index (κ1) is 14.1. The van der Waals surface area contributed by atoms with E-state index in [2.05, 4.69) is 21.2 Å². The Labute approximate surface area is 125 Å². The van der Waals surface area contributed by atoms with E-state index in [4.69, 9.17) is 5.26 Å². The van der Waals surface area contributed by atoms with E-state index in [0.717, 1.165) is 10.2 Å². The van der Waals surface area contributed by atoms with E-state index in [0.29, 0.717) is 11.3 Å². The number of nitrogens with zero attached hydrogens (tertiary/aromatic N) is 2. The fraction of sp³-hybridized carbons (Fsp3) is 0.0667. The number of carbonyl (C=O) groups excluding carboxylic acids is 1. The lowest BCUT2D eigenvalue weighted by Gasteiger charge is -2.19. The number of rotatable bonds is 2. The molecule has 0 aliphatic heterocycles. The van der Waals surface area contributed by atoms with Crippen LogP contribution in [0.3, 0.4) is 0 Å². The van der Waals surface area contributed by atoms with Gasteiger partial charge in [-0.3, -0.25) is 4.90 Å². The van der Waals surface area contributed by atoms with Gasteiger partial charge in [-0.1, -0.05) is 12.1 Å². The molecule has 4 nitrogen and oxygen atoms in total. The van der Waals surface area contributed by atoms with E-state index in [1.807, 2.05) is 30.3 Å². The smallest absolute Gasteiger partial charge is 0.308 e. The van der Waals surface area contributed by atoms with E-state index in [1.165, 1.54) is 4.90 Å². The zero-order valence-corrected chi connectivity index (χ0v) is 12.4. The molecule has 0 unspecified atom stereocenters. The number of benzene rings is 2. The molecule has 20 heavy (non-hydrogen) atoms. The fourth-order valence-corrected chi connectivity index (χ4v) is 2.22. The van der Waals surface area contributed by atoms with Crippen LogP contribution < -0.4 is 10.2 Å². The average molecular weight is 330 g/mol. The van der Waals surface area contributed by atoms with Crippen LogP contribution in [-0.4, -0.2) is 13.1 Å². The van der Waals surface area contributed by atoms with Crippen LogP contribution in [0.1, 0.15) is 5.56 Å². The number of nitrogens with one attached hydrogen (secondary N) is 1. The molecule has 0 saturated heterocycles. The molecule has 0 spiro atoms. The van der Waals surface area contributed by atoms with E-state index in [1.54, 1.807) is 31.3 Å². The Morgan fingerprint density at radius 2 is 1.85 bits per heavy atom. The molecule has 0 saturated carbocycles. The van der Waals surface area contributed by atoms with E-state index < -0.39 is 0 Å². The molecular weight excluding hydrogens is 318 g/mol. The molecular formula is C15H12BrN3O. The van der Waals surface area contributed by atoms with Gasteiger partial charge in [0.1, 0.15) is 0 Å². The summed E-state index contributed by atoms with van der Waals surface area (Å²) in [5, 5.41) is 11.5. The Bertz CT molecular complexity index is 662. The molecule has 1 N–H and O–H groups in total. The first-order valence-electron chi connectivity index (χ1n) is 5.91. The highest BCUT2D eigenvalue weighted by Gasteiger charge is 2.13. The number of anilines is 2. The van der Waals surface area contributed by atoms with Gasteiger partial charge in [-0.15, -0.1) is 0 Å². The summed E-state index contributed by atoms with van der Waals surface area (Å²) in [6.45, 7) is 0. The second-order valence-electron chi connectivity index (χ2n) is 4.13. The lowest BCUT2D eigenvalue weighted by molar-refractivity contribution is 0.258. The monoisotopic (exact) mass is 329 g/mol. The summed E-state index contributed by atoms with van der Waals surface area (Å²) in [6, 6.07) is 16.0. The molecule has 0 radical (unpaired) electrons. The van der Waals surface area contributed by atoms with Gasteiger partial charge in [0.2, 0.25) is 0 Å². The van der Waals surface area contributed by atoms with Gasteiger partial charge < -0.3 is 5.32 Å². The Morgan fingerprint density at radius 3 is 2.45 bits per heavy atom. The molecule has 0 aromatic heterocycles. The highest BCUT2D eigenvalue weighted by atomic mass is 79.9. The quantitative estimate of drug-likeness (QED) is 0.905. The highest BCUT2D eigenvalue weighted by Crippen LogP contribution is 2.25. The summed E-state index contributed by atoms with van der Waals surface area (Å²) in [4.78, 5) is 13.7. The van der Waals surface area contributed by atoms with Crippen molar-refractivity contribution in [2.75, 3.05) is 17.3 Å². The van der Waals surface area contributed by atoms with E-state index >= 15 is 0 Å². The summed E-state index contributed by atoms with van der Waals surface area (Å²) in [5.74, 6) is 0. The van der Waals surface area contributed by atoms with Crippen LogP contribution in [0.5, 0.6) is 0 Å². The average Bonchev–Trinajstić information content (AvgIpc) is 2.48. The topological polar surface area (TPSA) is 56.1 Å². The van der Waals surface area contributed by atoms with Crippen molar-refractivity contribution >= 4 is 33.3 Å². The van der Waals surface area contributed by atoms with Crippen LogP contribution in [-0.2, 0) is 0 Å². The Hall–Kier alpha value is -2.32. The minimum Gasteiger partial charge on any atom is -0.308 e. The van der Waals surface area contributed by atoms with Gasteiger partial charge in [-0.05, 0) is 52.3 Å². The summed E-state index contributed by atoms with van der Waals surface area (Å²) >= 11 is 3.41. The van der Waals surface area contributed by atoms with Crippen molar-refractivity contribution in [1.82, 2.24) is 0 Å². The number of para-hydroxylation sites is 1. The van der Waals surface area contributed by atoms with Crippen molar-refractivity contribution < 1.29 is 4.79 Å². The van der Waals surface area contributed by atoms with Crippen molar-refractivity contribution in [2.24, 2.45) is 0 Å². The zero-order chi connectivity index (χ0) is 14.5. The van der Waals surface area contributed by atoms with Gasteiger partial charge in [-0.2, -0.15) is 5.26 Å². The lowest BCUT2D eigenvalue weighted by Crippen LogP contribution is -2.31. The number of nitriles is 1. The summed E-state index contributed by atoms with van der Waals surface area (Å²) in [7, 11) is 1.69. The summed E-state index contributed by atoms with van der Waals surface area (Å²) in [6.07, 6.45) is 0. The predicted molar refractivity (Wildman–Crippen MR) is 82.7 cm³/mol. The van der Waals surface area contributed by atoms with Gasteiger partial charge >= 0.3 is 6.03 Å². The fourth-order valence-electron chi connectivity index (χ4n) is 1.67. The van der Waals surface area contributed by atoms with Crippen molar-refractivity contribution in [3.05, 3.63) is 58.6 Å². The number of hydrogen-bond donors (Lipinski definition) is 1. The molecule has 0 aliphatic rings. The Kier molecular flexibility index (Phi) is 4.38. The predicted octanol–water partition coefficient (Wildman–Crippen LogP) is 3.99. The molecule has 2 amide bonds. The molecule has 2 rings (SSSR count). The molecule has 0 aliphatic carbocycles. The lowest BCUT2D eigenvalue weighted by atomic mass is 10.2. The largest absolute Gasteiger partial charge is 0.326 e. The van der Waals surface area contributed by atoms with Gasteiger partial charge in [-0.25, -0.2) is 4.79 Å². The second kappa shape index (κ2) is 6.22. The maximum atomic E-state index is 12.1. The first-order chi connectivity index (χ1) is 9.61. The van der Waals surface area contributed by atoms with Crippen LogP contribution in [0.25, 0.3) is 0 Å². The number of amides is 2. The van der Waals surface area contributed by atoms with Crippen LogP contribution in [0.4, 0.5) is 16.2 Å². The molecule has 2 aromatic carbocycles. The Morgan fingerprint density at radius 1 is 1.20 bits per heavy atom. The van der Waals surface area contributed by atoms with Crippen molar-refractivity contribution in [2.45, 2.75) is 0 Å². The normalized spacial score (nSPS) is 9.65. The van der Waals surface area contributed by atoms with Gasteiger partial charge in [0.25, 0.3) is 0 Å². The third-order valence-electron chi connectivity index (χ3n) is 2.78. The summed E-state index contributed by atoms with van der Waals surface area (Å²) < 4.78 is 0.845. The third-order valence-corrected chi connectivity index (χ3v) is 3.45. The van der Waals surface area contributed by atoms with Crippen molar-refractivity contribution in [1.29, 1.82) is 5.26 Å². The molecule has 0 bridgehead atoms. The van der Waals surface area contributed by atoms with Gasteiger partial charge in [0.05, 0.1) is 17.3 Å². The van der Waals surface area contributed by atoms with E-state index in [9.17, 15) is 4.79 Å². The minimum absolute atomic E-state index is 0.249. The van der Waals surface area contributed by atoms with Crippen molar-refractivity contribution in [3.63, 3.8) is 0 Å². The van der Waals surface area contributed by atoms with Gasteiger partial charge in [0.15, 0.2) is 0 Å². The standard InChI is InChI=1S/C15H12BrN3O/c1-19(14-5-3-2-4-13(14)16)15(20)18-12-8-6-11(10-17)7-9-12/h2-9H,1H3,(H,18,20). The minimum atomic E-state index is -0.249. The number of hydrogen-bond acceptors (Lipinski definition) is 2. The molecule has 5 heteroatoms. The molecule has 0 atom stereocenters. The summed E-state index contributed by atoms with van der Waals surface area (Å²) in [5.41, 5.74) is 1.98. The second-order valence-corrected chi connectivity index (χ2v) is 4.98. The van der Waals surface area contributed by atoms with Crippen molar-refractivity contribution in [3.8, 4) is 6.07 Å². The van der Waals surface area contributed by atoms with Gasteiger partial charge in [0, 0.05) is 17.2 Å². The van der Waals surface area contributed by atoms with Crippen LogP contribution in [0, 0.1) is 11.3 Å². The first-order valence-corrected chi connectivity index (χ1v) is 6.70. The maximum absolute atomic E-state index is 12.1.